The number of rotatable bonds is 7. The maximum absolute atomic E-state index is 11.7. The van der Waals surface area contributed by atoms with Crippen LogP contribution >= 0.6 is 0 Å². The monoisotopic (exact) mass is 300 g/mol. The molecule has 0 N–H and O–H groups in total. The van der Waals surface area contributed by atoms with E-state index in [1.165, 1.54) is 0 Å². The van der Waals surface area contributed by atoms with Gasteiger partial charge in [0.15, 0.2) is 5.78 Å². The molecule has 5 nitrogen and oxygen atoms in total. The molecule has 0 bridgehead atoms. The van der Waals surface area contributed by atoms with Gasteiger partial charge in [0.2, 0.25) is 0 Å². The van der Waals surface area contributed by atoms with Crippen molar-refractivity contribution in [1.29, 1.82) is 0 Å². The number of carbonyl (C=O) groups is 1. The number of fused-ring (bicyclic) bond motifs is 1. The van der Waals surface area contributed by atoms with Crippen molar-refractivity contribution in [3.8, 4) is 0 Å². The second-order valence-electron chi connectivity index (χ2n) is 6.84. The molecular weight excluding hydrogens is 272 g/mol. The first-order valence-corrected chi connectivity index (χ1v) is 7.89. The van der Waals surface area contributed by atoms with E-state index in [4.69, 9.17) is 18.9 Å². The van der Waals surface area contributed by atoms with Gasteiger partial charge < -0.3 is 18.9 Å². The first-order chi connectivity index (χ1) is 9.84. The normalized spacial score (nSPS) is 32.7. The summed E-state index contributed by atoms with van der Waals surface area (Å²) in [5.74, 6) is 0.102. The molecule has 0 aromatic carbocycles. The Bertz CT molecular complexity index is 366. The maximum Gasteiger partial charge on any atom is 0.160 e. The van der Waals surface area contributed by atoms with Gasteiger partial charge in [0.05, 0.1) is 18.8 Å². The Labute approximate surface area is 127 Å². The number of Topliss-reactive ketones (excluding diaryl/α,β-unsaturated/α-hetero) is 1. The Morgan fingerprint density at radius 2 is 1.76 bits per heavy atom. The summed E-state index contributed by atoms with van der Waals surface area (Å²) in [6.07, 6.45) is 0.497. The van der Waals surface area contributed by atoms with Crippen LogP contribution in [-0.4, -0.2) is 55.6 Å². The fourth-order valence-electron chi connectivity index (χ4n) is 2.52. The van der Waals surface area contributed by atoms with Gasteiger partial charge in [-0.25, -0.2) is 0 Å². The van der Waals surface area contributed by atoms with E-state index in [9.17, 15) is 4.79 Å². The van der Waals surface area contributed by atoms with Crippen LogP contribution in [0.15, 0.2) is 0 Å². The zero-order valence-electron chi connectivity index (χ0n) is 13.8. The van der Waals surface area contributed by atoms with Crippen molar-refractivity contribution >= 4 is 5.78 Å². The number of hydrogen-bond donors (Lipinski definition) is 0. The van der Waals surface area contributed by atoms with Crippen LogP contribution < -0.4 is 0 Å². The van der Waals surface area contributed by atoms with E-state index in [2.05, 4.69) is 20.8 Å². The topological polar surface area (TPSA) is 54.0 Å². The molecular formula is C16H28O5. The van der Waals surface area contributed by atoms with Gasteiger partial charge in [-0.3, -0.25) is 4.79 Å². The van der Waals surface area contributed by atoms with Crippen molar-refractivity contribution < 1.29 is 23.7 Å². The lowest BCUT2D eigenvalue weighted by Gasteiger charge is -2.29. The zero-order valence-corrected chi connectivity index (χ0v) is 13.8. The van der Waals surface area contributed by atoms with Crippen molar-refractivity contribution in [2.75, 3.05) is 19.8 Å². The van der Waals surface area contributed by atoms with Crippen molar-refractivity contribution in [2.45, 2.75) is 71.1 Å². The molecule has 4 atom stereocenters. The van der Waals surface area contributed by atoms with E-state index in [1.807, 2.05) is 13.8 Å². The third-order valence-electron chi connectivity index (χ3n) is 4.37. The molecule has 2 rings (SSSR count). The van der Waals surface area contributed by atoms with Crippen LogP contribution in [0.25, 0.3) is 0 Å². The molecule has 0 amide bonds. The second kappa shape index (κ2) is 6.73. The molecule has 0 radical (unpaired) electrons. The van der Waals surface area contributed by atoms with E-state index in [1.54, 1.807) is 0 Å². The highest BCUT2D eigenvalue weighted by Gasteiger charge is 2.50. The molecule has 122 valence electrons. The minimum atomic E-state index is -0.182. The van der Waals surface area contributed by atoms with Crippen molar-refractivity contribution in [3.63, 3.8) is 0 Å². The highest BCUT2D eigenvalue weighted by atomic mass is 16.6. The van der Waals surface area contributed by atoms with E-state index < -0.39 is 0 Å². The fraction of sp³-hybridized carbons (Fsp3) is 0.938. The fourth-order valence-corrected chi connectivity index (χ4v) is 2.52. The summed E-state index contributed by atoms with van der Waals surface area (Å²) >= 11 is 0. The predicted octanol–water partition coefficient (Wildman–Crippen LogP) is 1.97. The molecule has 2 unspecified atom stereocenters. The Balaban J connectivity index is 1.85. The molecule has 0 aromatic heterocycles. The summed E-state index contributed by atoms with van der Waals surface area (Å²) in [6.45, 7) is 11.1. The van der Waals surface area contributed by atoms with Crippen LogP contribution in [0.2, 0.25) is 0 Å². The average molecular weight is 300 g/mol. The number of ether oxygens (including phenoxy) is 4. The van der Waals surface area contributed by atoms with Gasteiger partial charge in [0, 0.05) is 5.92 Å². The molecule has 0 spiro atoms. The average Bonchev–Trinajstić information content (AvgIpc) is 2.99. The van der Waals surface area contributed by atoms with Crippen LogP contribution in [0.3, 0.4) is 0 Å². The zero-order chi connectivity index (χ0) is 15.6. The summed E-state index contributed by atoms with van der Waals surface area (Å²) in [5, 5.41) is 0. The molecule has 0 aliphatic carbocycles. The lowest BCUT2D eigenvalue weighted by Crippen LogP contribution is -2.39. The van der Waals surface area contributed by atoms with Gasteiger partial charge >= 0.3 is 0 Å². The van der Waals surface area contributed by atoms with Crippen molar-refractivity contribution in [2.24, 2.45) is 5.92 Å². The Kier molecular flexibility index (Phi) is 5.41. The van der Waals surface area contributed by atoms with Crippen molar-refractivity contribution in [1.82, 2.24) is 0 Å². The minimum absolute atomic E-state index is 0.00551. The maximum atomic E-state index is 11.7. The molecule has 2 aliphatic rings. The van der Waals surface area contributed by atoms with Gasteiger partial charge in [0.1, 0.15) is 31.0 Å². The molecule has 5 heteroatoms. The number of hydrogen-bond acceptors (Lipinski definition) is 5. The van der Waals surface area contributed by atoms with E-state index in [0.29, 0.717) is 13.2 Å². The molecule has 0 saturated carbocycles. The summed E-state index contributed by atoms with van der Waals surface area (Å²) in [4.78, 5) is 11.7. The molecule has 0 aromatic rings. The lowest BCUT2D eigenvalue weighted by atomic mass is 10.0. The first-order valence-electron chi connectivity index (χ1n) is 7.89. The molecule has 2 heterocycles. The summed E-state index contributed by atoms with van der Waals surface area (Å²) in [6, 6.07) is 0. The van der Waals surface area contributed by atoms with Gasteiger partial charge in [-0.15, -0.1) is 0 Å². The van der Waals surface area contributed by atoms with E-state index in [-0.39, 0.29) is 48.3 Å². The predicted molar refractivity (Wildman–Crippen MR) is 78.3 cm³/mol. The summed E-state index contributed by atoms with van der Waals surface area (Å²) in [7, 11) is 0. The molecule has 2 aliphatic heterocycles. The Hall–Kier alpha value is -0.490. The summed E-state index contributed by atoms with van der Waals surface area (Å²) < 4.78 is 23.4. The van der Waals surface area contributed by atoms with Crippen molar-refractivity contribution in [3.05, 3.63) is 0 Å². The SMILES string of the molecule is CCC(C)(C)OC1CO[C@@H]2C(OCC(=O)C(C)C)CO[C@H]12. The molecule has 21 heavy (non-hydrogen) atoms. The van der Waals surface area contributed by atoms with Gasteiger partial charge in [-0.05, 0) is 20.3 Å². The van der Waals surface area contributed by atoms with Crippen LogP contribution in [0.4, 0.5) is 0 Å². The molecule has 2 fully saturated rings. The number of ketones is 1. The standard InChI is InChI=1S/C16H28O5/c1-6-16(4,5)21-13-9-20-14-12(8-19-15(13)14)18-7-11(17)10(2)3/h10,12-15H,6-9H2,1-5H3/t12?,13?,14-,15-/m1/s1. The highest BCUT2D eigenvalue weighted by molar-refractivity contribution is 5.81. The van der Waals surface area contributed by atoms with Gasteiger partial charge in [0.25, 0.3) is 0 Å². The van der Waals surface area contributed by atoms with Crippen LogP contribution in [-0.2, 0) is 23.7 Å². The Morgan fingerprint density at radius 3 is 2.33 bits per heavy atom. The lowest BCUT2D eigenvalue weighted by molar-refractivity contribution is -0.131. The van der Waals surface area contributed by atoms with Crippen LogP contribution in [0, 0.1) is 5.92 Å². The van der Waals surface area contributed by atoms with Gasteiger partial charge in [-0.1, -0.05) is 20.8 Å². The van der Waals surface area contributed by atoms with Crippen LogP contribution in [0.5, 0.6) is 0 Å². The highest BCUT2D eigenvalue weighted by Crippen LogP contribution is 2.33. The molecule has 2 saturated heterocycles. The summed E-state index contributed by atoms with van der Waals surface area (Å²) in [5.41, 5.74) is -0.182. The third kappa shape index (κ3) is 4.03. The largest absolute Gasteiger partial charge is 0.370 e. The van der Waals surface area contributed by atoms with E-state index in [0.717, 1.165) is 6.42 Å². The van der Waals surface area contributed by atoms with Gasteiger partial charge in [-0.2, -0.15) is 0 Å². The second-order valence-corrected chi connectivity index (χ2v) is 6.84. The smallest absolute Gasteiger partial charge is 0.160 e. The first kappa shape index (κ1) is 16.9. The minimum Gasteiger partial charge on any atom is -0.370 e. The third-order valence-corrected chi connectivity index (χ3v) is 4.37. The quantitative estimate of drug-likeness (QED) is 0.719. The number of carbonyl (C=O) groups excluding carboxylic acids is 1. The Morgan fingerprint density at radius 1 is 1.19 bits per heavy atom. The van der Waals surface area contributed by atoms with Crippen LogP contribution in [0.1, 0.15) is 41.0 Å². The van der Waals surface area contributed by atoms with E-state index >= 15 is 0 Å².